The van der Waals surface area contributed by atoms with Gasteiger partial charge in [0.1, 0.15) is 12.4 Å². The monoisotopic (exact) mass is 601 g/mol. The number of ether oxygens (including phenoxy) is 1. The van der Waals surface area contributed by atoms with Gasteiger partial charge in [-0.05, 0) is 42.8 Å². The molecule has 42 heavy (non-hydrogen) atoms. The first-order valence-electron chi connectivity index (χ1n) is 12.9. The molecule has 0 spiro atoms. The first-order chi connectivity index (χ1) is 20.0. The third kappa shape index (κ3) is 9.47. The summed E-state index contributed by atoms with van der Waals surface area (Å²) in [4.78, 5) is 82.0. The Morgan fingerprint density at radius 1 is 0.857 bits per heavy atom. The molecule has 1 aliphatic rings. The summed E-state index contributed by atoms with van der Waals surface area (Å²) < 4.78 is 7.32. The van der Waals surface area contributed by atoms with Crippen LogP contribution in [-0.2, 0) is 35.3 Å². The summed E-state index contributed by atoms with van der Waals surface area (Å²) >= 11 is 0.811. The smallest absolute Gasteiger partial charge is 0.312 e. The largest absolute Gasteiger partial charge is 0.492 e. The Morgan fingerprint density at radius 3 is 2.05 bits per heavy atom. The number of nitrogens with zero attached hydrogens (tertiary/aromatic N) is 1. The molecule has 2 aromatic rings. The Bertz CT molecular complexity index is 1360. The number of amides is 4. The van der Waals surface area contributed by atoms with Gasteiger partial charge < -0.3 is 35.7 Å². The van der Waals surface area contributed by atoms with E-state index in [0.717, 1.165) is 11.8 Å². The van der Waals surface area contributed by atoms with E-state index in [-0.39, 0.29) is 49.4 Å². The Kier molecular flexibility index (Phi) is 11.7. The summed E-state index contributed by atoms with van der Waals surface area (Å²) in [5, 5.41) is 18.6. The number of carbonyl (C=O) groups is 7. The van der Waals surface area contributed by atoms with Gasteiger partial charge in [0, 0.05) is 24.7 Å². The summed E-state index contributed by atoms with van der Waals surface area (Å²) in [6.07, 6.45) is 0.451. The van der Waals surface area contributed by atoms with Gasteiger partial charge in [-0.2, -0.15) is 0 Å². The van der Waals surface area contributed by atoms with Crippen molar-refractivity contribution in [3.05, 3.63) is 53.3 Å². The molecule has 0 bridgehead atoms. The molecule has 0 fully saturated rings. The highest BCUT2D eigenvalue weighted by atomic mass is 32.2. The number of thioether (sulfide) groups is 1. The zero-order valence-electron chi connectivity index (χ0n) is 22.8. The number of carboxylic acid groups (broad SMARTS) is 1. The fourth-order valence-electron chi connectivity index (χ4n) is 4.04. The molecule has 1 atom stereocenters. The minimum atomic E-state index is -0.905. The summed E-state index contributed by atoms with van der Waals surface area (Å²) in [6.45, 7) is 1.01. The second-order valence-electron chi connectivity index (χ2n) is 9.14. The number of hydrogen-bond acceptors (Lipinski definition) is 9. The first-order valence-corrected chi connectivity index (χ1v) is 13.9. The van der Waals surface area contributed by atoms with Crippen LogP contribution in [-0.4, -0.2) is 88.7 Å². The predicted molar refractivity (Wildman–Crippen MR) is 150 cm³/mol. The van der Waals surface area contributed by atoms with Gasteiger partial charge in [0.2, 0.25) is 29.4 Å². The van der Waals surface area contributed by atoms with Gasteiger partial charge >= 0.3 is 5.97 Å². The molecule has 0 radical (unpaired) electrons. The molecule has 4 amide bonds. The van der Waals surface area contributed by atoms with E-state index < -0.39 is 35.5 Å². The molecular weight excluding hydrogens is 570 g/mol. The van der Waals surface area contributed by atoms with E-state index in [2.05, 4.69) is 21.3 Å². The van der Waals surface area contributed by atoms with Crippen molar-refractivity contribution in [1.29, 1.82) is 0 Å². The molecule has 2 heterocycles. The van der Waals surface area contributed by atoms with Crippen molar-refractivity contribution in [1.82, 2.24) is 25.8 Å². The maximum absolute atomic E-state index is 12.9. The van der Waals surface area contributed by atoms with E-state index in [4.69, 9.17) is 4.74 Å². The molecule has 1 unspecified atom stereocenters. The average molecular weight is 602 g/mol. The quantitative estimate of drug-likeness (QED) is 0.130. The molecular formula is C27H31N5O9S. The lowest BCUT2D eigenvalue weighted by atomic mass is 10.1. The Labute approximate surface area is 244 Å². The molecule has 15 heteroatoms. The topological polar surface area (TPSA) is 202 Å². The number of aromatic nitrogens is 1. The second-order valence-corrected chi connectivity index (χ2v) is 10.3. The number of ketones is 1. The van der Waals surface area contributed by atoms with Crippen LogP contribution >= 0.6 is 11.8 Å². The average Bonchev–Trinajstić information content (AvgIpc) is 3.57. The van der Waals surface area contributed by atoms with E-state index in [1.54, 1.807) is 41.0 Å². The SMILES string of the molecule is CC(=O)SCC(=O)NCC(=O)NCC(=O)NCC(=O)NCCOc1ccc(C(=O)c2ccc3n2CCC3C(=O)O)cc1. The highest BCUT2D eigenvalue weighted by molar-refractivity contribution is 8.14. The molecule has 1 aromatic carbocycles. The zero-order valence-corrected chi connectivity index (χ0v) is 23.6. The van der Waals surface area contributed by atoms with E-state index in [0.29, 0.717) is 35.7 Å². The summed E-state index contributed by atoms with van der Waals surface area (Å²) in [5.74, 6) is -3.53. The van der Waals surface area contributed by atoms with Crippen LogP contribution in [0.25, 0.3) is 0 Å². The molecule has 1 aromatic heterocycles. The fourth-order valence-corrected chi connectivity index (χ4v) is 4.48. The van der Waals surface area contributed by atoms with Crippen LogP contribution in [0.2, 0.25) is 0 Å². The van der Waals surface area contributed by atoms with Gasteiger partial charge in [0.15, 0.2) is 5.12 Å². The van der Waals surface area contributed by atoms with Crippen molar-refractivity contribution in [2.75, 3.05) is 38.5 Å². The van der Waals surface area contributed by atoms with E-state index in [1.165, 1.54) is 6.92 Å². The molecule has 3 rings (SSSR count). The van der Waals surface area contributed by atoms with Crippen molar-refractivity contribution in [3.63, 3.8) is 0 Å². The standard InChI is InChI=1S/C27H31N5O9S/c1-16(33)42-15-25(37)31-14-24(36)30-13-23(35)29-12-22(34)28-9-11-41-18-4-2-17(3-5-18)26(38)21-7-6-20-19(27(39)40)8-10-32(20)21/h2-7,19H,8-15H2,1H3,(H,28,34)(H,29,35)(H,30,36)(H,31,37)(H,39,40). The van der Waals surface area contributed by atoms with Crippen molar-refractivity contribution < 1.29 is 43.4 Å². The van der Waals surface area contributed by atoms with Crippen molar-refractivity contribution >= 4 is 52.3 Å². The first kappa shape index (κ1) is 31.9. The van der Waals surface area contributed by atoms with Crippen LogP contribution in [0.5, 0.6) is 5.75 Å². The number of fused-ring (bicyclic) bond motifs is 1. The number of benzene rings is 1. The normalized spacial score (nSPS) is 13.4. The van der Waals surface area contributed by atoms with Gasteiger partial charge in [-0.15, -0.1) is 0 Å². The lowest BCUT2D eigenvalue weighted by Gasteiger charge is -2.10. The number of carbonyl (C=O) groups excluding carboxylic acids is 6. The Morgan fingerprint density at radius 2 is 1.45 bits per heavy atom. The van der Waals surface area contributed by atoms with E-state index in [9.17, 15) is 38.7 Å². The molecule has 0 aliphatic carbocycles. The number of rotatable bonds is 15. The minimum Gasteiger partial charge on any atom is -0.492 e. The molecule has 224 valence electrons. The van der Waals surface area contributed by atoms with E-state index in [1.807, 2.05) is 0 Å². The highest BCUT2D eigenvalue weighted by Crippen LogP contribution is 2.31. The summed E-state index contributed by atoms with van der Waals surface area (Å²) in [5.41, 5.74) is 1.49. The van der Waals surface area contributed by atoms with Crippen molar-refractivity contribution in [2.45, 2.75) is 25.8 Å². The van der Waals surface area contributed by atoms with Gasteiger partial charge in [-0.1, -0.05) is 11.8 Å². The lowest BCUT2D eigenvalue weighted by Crippen LogP contribution is -2.44. The number of nitrogens with one attached hydrogen (secondary N) is 4. The second kappa shape index (κ2) is 15.4. The maximum Gasteiger partial charge on any atom is 0.312 e. The third-order valence-electron chi connectivity index (χ3n) is 6.10. The van der Waals surface area contributed by atoms with Crippen molar-refractivity contribution in [2.24, 2.45) is 0 Å². The minimum absolute atomic E-state index is 0.105. The molecule has 1 aliphatic heterocycles. The summed E-state index contributed by atoms with van der Waals surface area (Å²) in [6, 6.07) is 9.77. The van der Waals surface area contributed by atoms with Gasteiger partial charge in [-0.3, -0.25) is 33.6 Å². The van der Waals surface area contributed by atoms with Crippen molar-refractivity contribution in [3.8, 4) is 5.75 Å². The fraction of sp³-hybridized carbons (Fsp3) is 0.370. The lowest BCUT2D eigenvalue weighted by molar-refractivity contribution is -0.138. The van der Waals surface area contributed by atoms with Crippen LogP contribution in [0.3, 0.4) is 0 Å². The van der Waals surface area contributed by atoms with Crippen LogP contribution < -0.4 is 26.0 Å². The van der Waals surface area contributed by atoms with Gasteiger partial charge in [-0.25, -0.2) is 0 Å². The highest BCUT2D eigenvalue weighted by Gasteiger charge is 2.31. The zero-order chi connectivity index (χ0) is 30.6. The predicted octanol–water partition coefficient (Wildman–Crippen LogP) is -0.586. The van der Waals surface area contributed by atoms with Crippen LogP contribution in [0.1, 0.15) is 41.0 Å². The molecule has 5 N–H and O–H groups in total. The van der Waals surface area contributed by atoms with Gasteiger partial charge in [0.05, 0.1) is 43.5 Å². The van der Waals surface area contributed by atoms with Crippen LogP contribution in [0, 0.1) is 0 Å². The molecule has 14 nitrogen and oxygen atoms in total. The third-order valence-corrected chi connectivity index (χ3v) is 6.91. The molecule has 0 saturated carbocycles. The number of hydrogen-bond donors (Lipinski definition) is 5. The van der Waals surface area contributed by atoms with E-state index >= 15 is 0 Å². The number of carboxylic acids is 1. The maximum atomic E-state index is 12.9. The van der Waals surface area contributed by atoms with Crippen LogP contribution in [0.4, 0.5) is 0 Å². The molecule has 0 saturated heterocycles. The Balaban J connectivity index is 1.29. The summed E-state index contributed by atoms with van der Waals surface area (Å²) in [7, 11) is 0. The van der Waals surface area contributed by atoms with Gasteiger partial charge in [0.25, 0.3) is 0 Å². The van der Waals surface area contributed by atoms with Crippen LogP contribution in [0.15, 0.2) is 36.4 Å². The Hall–Kier alpha value is -4.66. The number of aliphatic carboxylic acids is 1.